The van der Waals surface area contributed by atoms with Crippen molar-refractivity contribution in [2.45, 2.75) is 25.7 Å². The summed E-state index contributed by atoms with van der Waals surface area (Å²) in [6.07, 6.45) is 4.74. The summed E-state index contributed by atoms with van der Waals surface area (Å²) in [5.74, 6) is -0.276. The minimum absolute atomic E-state index is 0.135. The molecule has 20 heavy (non-hydrogen) atoms. The van der Waals surface area contributed by atoms with Crippen LogP contribution in [0.1, 0.15) is 46.4 Å². The first kappa shape index (κ1) is 14.5. The van der Waals surface area contributed by atoms with Crippen LogP contribution >= 0.6 is 0 Å². The van der Waals surface area contributed by atoms with Gasteiger partial charge >= 0.3 is 0 Å². The number of carbonyl (C=O) groups excluding carboxylic acids is 2. The summed E-state index contributed by atoms with van der Waals surface area (Å²) >= 11 is 0. The van der Waals surface area contributed by atoms with Gasteiger partial charge in [0.25, 0.3) is 0 Å². The summed E-state index contributed by atoms with van der Waals surface area (Å²) in [6, 6.07) is 6.78. The zero-order chi connectivity index (χ0) is 14.4. The van der Waals surface area contributed by atoms with Crippen LogP contribution in [0.15, 0.2) is 36.1 Å². The average Bonchev–Trinajstić information content (AvgIpc) is 2.47. The maximum Gasteiger partial charge on any atom is 0.228 e. The summed E-state index contributed by atoms with van der Waals surface area (Å²) in [7, 11) is 0. The molecule has 1 aromatic carbocycles. The fourth-order valence-electron chi connectivity index (χ4n) is 2.15. The number of hydrogen-bond donors (Lipinski definition) is 1. The summed E-state index contributed by atoms with van der Waals surface area (Å²) in [4.78, 5) is 24.0. The van der Waals surface area contributed by atoms with E-state index in [9.17, 15) is 9.59 Å². The van der Waals surface area contributed by atoms with Crippen molar-refractivity contribution in [3.8, 4) is 0 Å². The van der Waals surface area contributed by atoms with E-state index >= 15 is 0 Å². The smallest absolute Gasteiger partial charge is 0.228 e. The summed E-state index contributed by atoms with van der Waals surface area (Å²) < 4.78 is 5.43. The van der Waals surface area contributed by atoms with Crippen molar-refractivity contribution in [3.05, 3.63) is 47.2 Å². The minimum atomic E-state index is -0.226. The summed E-state index contributed by atoms with van der Waals surface area (Å²) in [5, 5.41) is 8.66. The molecule has 0 amide bonds. The molecule has 0 saturated carbocycles. The maximum absolute atomic E-state index is 12.1. The van der Waals surface area contributed by atoms with Crippen molar-refractivity contribution in [3.63, 3.8) is 0 Å². The van der Waals surface area contributed by atoms with Crippen LogP contribution in [0.5, 0.6) is 0 Å². The van der Waals surface area contributed by atoms with Gasteiger partial charge in [0.05, 0.1) is 6.61 Å². The van der Waals surface area contributed by atoms with E-state index in [1.165, 1.54) is 6.08 Å². The van der Waals surface area contributed by atoms with Gasteiger partial charge in [-0.2, -0.15) is 0 Å². The predicted octanol–water partition coefficient (Wildman–Crippen LogP) is 2.52. The van der Waals surface area contributed by atoms with Crippen LogP contribution < -0.4 is 0 Å². The van der Waals surface area contributed by atoms with Crippen LogP contribution in [-0.4, -0.2) is 29.9 Å². The molecule has 4 nitrogen and oxygen atoms in total. The molecule has 0 heterocycles. The minimum Gasteiger partial charge on any atom is -0.489 e. The van der Waals surface area contributed by atoms with Crippen LogP contribution in [0.2, 0.25) is 0 Å². The fourth-order valence-corrected chi connectivity index (χ4v) is 2.15. The summed E-state index contributed by atoms with van der Waals surface area (Å²) in [5.41, 5.74) is 0.850. The highest BCUT2D eigenvalue weighted by Gasteiger charge is 2.26. The second-order valence-electron chi connectivity index (χ2n) is 4.73. The lowest BCUT2D eigenvalue weighted by atomic mass is 9.94. The molecule has 4 heteroatoms. The van der Waals surface area contributed by atoms with Gasteiger partial charge in [-0.3, -0.25) is 9.59 Å². The SMILES string of the molecule is O=C1C=C(OCCCCCCO)C(=O)c2ccccc21. The molecule has 2 rings (SSSR count). The molecule has 0 spiro atoms. The fraction of sp³-hybridized carbons (Fsp3) is 0.375. The first-order valence-electron chi connectivity index (χ1n) is 6.87. The van der Waals surface area contributed by atoms with E-state index in [4.69, 9.17) is 9.84 Å². The van der Waals surface area contributed by atoms with Crippen molar-refractivity contribution < 1.29 is 19.4 Å². The van der Waals surface area contributed by atoms with Gasteiger partial charge in [-0.05, 0) is 19.3 Å². The molecular formula is C16H18O4. The number of benzene rings is 1. The van der Waals surface area contributed by atoms with Crippen LogP contribution in [0.3, 0.4) is 0 Å². The number of aliphatic hydroxyl groups is 1. The highest BCUT2D eigenvalue weighted by Crippen LogP contribution is 2.21. The van der Waals surface area contributed by atoms with E-state index in [0.29, 0.717) is 17.7 Å². The third-order valence-electron chi connectivity index (χ3n) is 3.23. The van der Waals surface area contributed by atoms with Crippen LogP contribution in [0.25, 0.3) is 0 Å². The maximum atomic E-state index is 12.1. The first-order valence-corrected chi connectivity index (χ1v) is 6.87. The highest BCUT2D eigenvalue weighted by molar-refractivity contribution is 6.23. The molecule has 106 valence electrons. The number of aliphatic hydroxyl groups excluding tert-OH is 1. The summed E-state index contributed by atoms with van der Waals surface area (Å²) in [6.45, 7) is 0.619. The highest BCUT2D eigenvalue weighted by atomic mass is 16.5. The quantitative estimate of drug-likeness (QED) is 0.776. The molecule has 0 fully saturated rings. The first-order chi connectivity index (χ1) is 9.74. The van der Waals surface area contributed by atoms with Crippen molar-refractivity contribution in [1.82, 2.24) is 0 Å². The van der Waals surface area contributed by atoms with E-state index in [0.717, 1.165) is 25.7 Å². The number of fused-ring (bicyclic) bond motifs is 1. The molecule has 0 saturated heterocycles. The van der Waals surface area contributed by atoms with E-state index < -0.39 is 0 Å². The molecule has 0 unspecified atom stereocenters. The number of carbonyl (C=O) groups is 2. The number of rotatable bonds is 7. The third kappa shape index (κ3) is 3.33. The van der Waals surface area contributed by atoms with Gasteiger partial charge in [0.15, 0.2) is 11.5 Å². The molecule has 1 aromatic rings. The Hall–Kier alpha value is -1.94. The lowest BCUT2D eigenvalue weighted by Gasteiger charge is -2.15. The standard InChI is InChI=1S/C16H18O4/c17-9-5-1-2-6-10-20-15-11-14(18)12-7-3-4-8-13(12)16(15)19/h3-4,7-8,11,17H,1-2,5-6,9-10H2. The van der Waals surface area contributed by atoms with E-state index in [1.807, 2.05) is 0 Å². The number of allylic oxidation sites excluding steroid dienone is 2. The third-order valence-corrected chi connectivity index (χ3v) is 3.23. The molecule has 1 aliphatic rings. The monoisotopic (exact) mass is 274 g/mol. The largest absolute Gasteiger partial charge is 0.489 e. The van der Waals surface area contributed by atoms with E-state index in [2.05, 4.69) is 0 Å². The second-order valence-corrected chi connectivity index (χ2v) is 4.73. The van der Waals surface area contributed by atoms with Crippen molar-refractivity contribution >= 4 is 11.6 Å². The van der Waals surface area contributed by atoms with Gasteiger partial charge in [0.1, 0.15) is 0 Å². The average molecular weight is 274 g/mol. The number of ketones is 2. The molecule has 0 bridgehead atoms. The molecule has 0 atom stereocenters. The Bertz CT molecular complexity index is 531. The van der Waals surface area contributed by atoms with Gasteiger partial charge < -0.3 is 9.84 Å². The molecule has 1 aliphatic carbocycles. The number of hydrogen-bond acceptors (Lipinski definition) is 4. The Kier molecular flexibility index (Phi) is 5.07. The lowest BCUT2D eigenvalue weighted by molar-refractivity contribution is 0.0879. The normalized spacial score (nSPS) is 13.9. The Labute approximate surface area is 118 Å². The Balaban J connectivity index is 1.91. The van der Waals surface area contributed by atoms with Gasteiger partial charge in [-0.15, -0.1) is 0 Å². The van der Waals surface area contributed by atoms with Crippen LogP contribution in [0, 0.1) is 0 Å². The zero-order valence-corrected chi connectivity index (χ0v) is 11.3. The number of unbranched alkanes of at least 4 members (excludes halogenated alkanes) is 3. The zero-order valence-electron chi connectivity index (χ0n) is 11.3. The van der Waals surface area contributed by atoms with Gasteiger partial charge in [0.2, 0.25) is 5.78 Å². The molecule has 1 N–H and O–H groups in total. The molecule has 0 aliphatic heterocycles. The van der Waals surface area contributed by atoms with Crippen molar-refractivity contribution in [2.75, 3.05) is 13.2 Å². The van der Waals surface area contributed by atoms with Crippen LogP contribution in [-0.2, 0) is 4.74 Å². The topological polar surface area (TPSA) is 63.6 Å². The Morgan fingerprint density at radius 1 is 0.950 bits per heavy atom. The molecular weight excluding hydrogens is 256 g/mol. The van der Waals surface area contributed by atoms with E-state index in [1.54, 1.807) is 24.3 Å². The number of Topliss-reactive ketones (excluding diaryl/α,β-unsaturated/α-hetero) is 1. The van der Waals surface area contributed by atoms with Crippen molar-refractivity contribution in [1.29, 1.82) is 0 Å². The van der Waals surface area contributed by atoms with Gasteiger partial charge in [-0.25, -0.2) is 0 Å². The van der Waals surface area contributed by atoms with Gasteiger partial charge in [0, 0.05) is 23.8 Å². The molecule has 0 aromatic heterocycles. The Morgan fingerprint density at radius 2 is 1.65 bits per heavy atom. The Morgan fingerprint density at radius 3 is 2.40 bits per heavy atom. The van der Waals surface area contributed by atoms with E-state index in [-0.39, 0.29) is 23.9 Å². The van der Waals surface area contributed by atoms with Crippen LogP contribution in [0.4, 0.5) is 0 Å². The van der Waals surface area contributed by atoms with Gasteiger partial charge in [-0.1, -0.05) is 30.7 Å². The number of ether oxygens (including phenoxy) is 1. The second kappa shape index (κ2) is 7.01. The predicted molar refractivity (Wildman–Crippen MR) is 74.7 cm³/mol. The van der Waals surface area contributed by atoms with Crippen molar-refractivity contribution in [2.24, 2.45) is 0 Å². The lowest BCUT2D eigenvalue weighted by Crippen LogP contribution is -2.18. The molecule has 0 radical (unpaired) electrons.